The van der Waals surface area contributed by atoms with Crippen molar-refractivity contribution in [2.45, 2.75) is 25.3 Å². The van der Waals surface area contributed by atoms with Gasteiger partial charge in [0.1, 0.15) is 11.3 Å². The molecule has 0 spiro atoms. The van der Waals surface area contributed by atoms with Crippen molar-refractivity contribution in [2.24, 2.45) is 0 Å². The number of amides is 2. The lowest BCUT2D eigenvalue weighted by molar-refractivity contribution is -0.133. The van der Waals surface area contributed by atoms with E-state index in [0.717, 1.165) is 0 Å². The molecule has 1 fully saturated rings. The molecule has 1 saturated heterocycles. The predicted molar refractivity (Wildman–Crippen MR) is 93.7 cm³/mol. The fourth-order valence-electron chi connectivity index (χ4n) is 3.30. The first-order chi connectivity index (χ1) is 12.6. The summed E-state index contributed by atoms with van der Waals surface area (Å²) in [5.41, 5.74) is -0.799. The van der Waals surface area contributed by atoms with Crippen LogP contribution in [0.15, 0.2) is 35.0 Å². The topological polar surface area (TPSA) is 89.6 Å². The maximum absolute atomic E-state index is 12.9. The molecule has 2 amide bonds. The normalized spacial score (nSPS) is 16.5. The van der Waals surface area contributed by atoms with Crippen molar-refractivity contribution in [3.8, 4) is 0 Å². The molecule has 1 aliphatic rings. The second kappa shape index (κ2) is 7.74. The first kappa shape index (κ1) is 18.2. The summed E-state index contributed by atoms with van der Waals surface area (Å²) in [6.45, 7) is 3.60. The van der Waals surface area contributed by atoms with Crippen molar-refractivity contribution in [3.63, 3.8) is 0 Å². The summed E-state index contributed by atoms with van der Waals surface area (Å²) in [5.74, 6) is 0.790. The molecule has 1 N–H and O–H groups in total. The molecule has 1 aliphatic heterocycles. The predicted octanol–water partition coefficient (Wildman–Crippen LogP) is 1.18. The van der Waals surface area contributed by atoms with Crippen LogP contribution in [0, 0.1) is 6.92 Å². The highest BCUT2D eigenvalue weighted by atomic mass is 16.5. The number of nitrogens with zero attached hydrogens (tertiary/aromatic N) is 3. The van der Waals surface area contributed by atoms with E-state index in [1.54, 1.807) is 54.2 Å². The van der Waals surface area contributed by atoms with E-state index in [-0.39, 0.29) is 11.8 Å². The number of carbonyl (C=O) groups excluding carboxylic acids is 2. The summed E-state index contributed by atoms with van der Waals surface area (Å²) >= 11 is 0. The van der Waals surface area contributed by atoms with E-state index in [2.05, 4.69) is 10.4 Å². The highest BCUT2D eigenvalue weighted by Crippen LogP contribution is 2.31. The molecule has 26 heavy (non-hydrogen) atoms. The first-order valence-corrected chi connectivity index (χ1v) is 8.70. The summed E-state index contributed by atoms with van der Waals surface area (Å²) in [6.07, 6.45) is 4.43. The summed E-state index contributed by atoms with van der Waals surface area (Å²) in [4.78, 5) is 27.2. The van der Waals surface area contributed by atoms with Crippen LogP contribution in [0.25, 0.3) is 0 Å². The zero-order chi connectivity index (χ0) is 18.6. The van der Waals surface area contributed by atoms with Crippen LogP contribution in [0.2, 0.25) is 0 Å². The fraction of sp³-hybridized carbons (Fsp3) is 0.500. The van der Waals surface area contributed by atoms with Crippen molar-refractivity contribution < 1.29 is 18.7 Å². The SMILES string of the molecule is COCCNC(=O)C1(n2cccn2)CCN(C(=O)c2ccc(C)o2)CC1. The number of aryl methyl sites for hydroxylation is 1. The highest BCUT2D eigenvalue weighted by molar-refractivity contribution is 5.92. The van der Waals surface area contributed by atoms with Crippen LogP contribution in [0.1, 0.15) is 29.2 Å². The monoisotopic (exact) mass is 360 g/mol. The maximum atomic E-state index is 12.9. The molecule has 0 aromatic carbocycles. The van der Waals surface area contributed by atoms with Crippen LogP contribution in [0.3, 0.4) is 0 Å². The molecule has 2 aromatic heterocycles. The summed E-state index contributed by atoms with van der Waals surface area (Å²) < 4.78 is 12.1. The lowest BCUT2D eigenvalue weighted by Gasteiger charge is -2.40. The third-order valence-corrected chi connectivity index (χ3v) is 4.79. The van der Waals surface area contributed by atoms with Crippen LogP contribution >= 0.6 is 0 Å². The minimum atomic E-state index is -0.799. The van der Waals surface area contributed by atoms with Crippen LogP contribution in [-0.2, 0) is 15.1 Å². The number of hydrogen-bond donors (Lipinski definition) is 1. The minimum Gasteiger partial charge on any atom is -0.456 e. The number of piperidine rings is 1. The number of aromatic nitrogens is 2. The van der Waals surface area contributed by atoms with Crippen molar-refractivity contribution in [1.29, 1.82) is 0 Å². The maximum Gasteiger partial charge on any atom is 0.289 e. The molecule has 0 aliphatic carbocycles. The quantitative estimate of drug-likeness (QED) is 0.782. The van der Waals surface area contributed by atoms with Gasteiger partial charge in [-0.2, -0.15) is 5.10 Å². The molecular formula is C18H24N4O4. The zero-order valence-electron chi connectivity index (χ0n) is 15.1. The van der Waals surface area contributed by atoms with E-state index in [0.29, 0.717) is 50.6 Å². The molecule has 3 rings (SSSR count). The molecule has 8 nitrogen and oxygen atoms in total. The second-order valence-corrected chi connectivity index (χ2v) is 6.43. The van der Waals surface area contributed by atoms with E-state index in [1.807, 2.05) is 0 Å². The molecule has 8 heteroatoms. The van der Waals surface area contributed by atoms with Gasteiger partial charge in [-0.25, -0.2) is 0 Å². The van der Waals surface area contributed by atoms with Gasteiger partial charge in [0, 0.05) is 39.1 Å². The van der Waals surface area contributed by atoms with E-state index < -0.39 is 5.54 Å². The van der Waals surface area contributed by atoms with Gasteiger partial charge in [0.2, 0.25) is 5.91 Å². The molecule has 0 atom stereocenters. The molecule has 0 radical (unpaired) electrons. The lowest BCUT2D eigenvalue weighted by atomic mass is 9.86. The van der Waals surface area contributed by atoms with E-state index in [1.165, 1.54) is 0 Å². The Bertz CT molecular complexity index is 745. The molecule has 0 saturated carbocycles. The van der Waals surface area contributed by atoms with Crippen molar-refractivity contribution in [1.82, 2.24) is 20.0 Å². The van der Waals surface area contributed by atoms with Gasteiger partial charge < -0.3 is 19.4 Å². The van der Waals surface area contributed by atoms with Gasteiger partial charge >= 0.3 is 0 Å². The Morgan fingerprint density at radius 2 is 2.12 bits per heavy atom. The molecule has 0 unspecified atom stereocenters. The Balaban J connectivity index is 1.73. The number of methoxy groups -OCH3 is 1. The number of furan rings is 1. The number of rotatable bonds is 6. The Morgan fingerprint density at radius 1 is 1.35 bits per heavy atom. The molecule has 2 aromatic rings. The van der Waals surface area contributed by atoms with E-state index in [4.69, 9.17) is 9.15 Å². The highest BCUT2D eigenvalue weighted by Gasteiger charge is 2.44. The summed E-state index contributed by atoms with van der Waals surface area (Å²) in [5, 5.41) is 7.21. The Kier molecular flexibility index (Phi) is 5.41. The number of hydrogen-bond acceptors (Lipinski definition) is 5. The fourth-order valence-corrected chi connectivity index (χ4v) is 3.30. The number of ether oxygens (including phenoxy) is 1. The van der Waals surface area contributed by atoms with Crippen molar-refractivity contribution >= 4 is 11.8 Å². The van der Waals surface area contributed by atoms with Gasteiger partial charge in [-0.3, -0.25) is 14.3 Å². The Hall–Kier alpha value is -2.61. The van der Waals surface area contributed by atoms with Gasteiger partial charge in [-0.15, -0.1) is 0 Å². The third kappa shape index (κ3) is 3.50. The standard InChI is InChI=1S/C18H24N4O4/c1-14-4-5-15(26-14)16(23)21-11-6-18(7-12-21,22-10-3-8-20-22)17(24)19-9-13-25-2/h3-5,8,10H,6-7,9,11-13H2,1-2H3,(H,19,24). The minimum absolute atomic E-state index is 0.0980. The van der Waals surface area contributed by atoms with Crippen LogP contribution in [0.5, 0.6) is 0 Å². The number of nitrogens with one attached hydrogen (secondary N) is 1. The first-order valence-electron chi connectivity index (χ1n) is 8.70. The molecule has 140 valence electrons. The lowest BCUT2D eigenvalue weighted by Crippen LogP contribution is -2.56. The molecule has 3 heterocycles. The van der Waals surface area contributed by atoms with Crippen LogP contribution in [-0.4, -0.2) is 59.8 Å². The van der Waals surface area contributed by atoms with Gasteiger partial charge in [0.05, 0.1) is 6.61 Å². The second-order valence-electron chi connectivity index (χ2n) is 6.43. The smallest absolute Gasteiger partial charge is 0.289 e. The summed E-state index contributed by atoms with van der Waals surface area (Å²) in [6, 6.07) is 5.26. The van der Waals surface area contributed by atoms with Crippen molar-refractivity contribution in [3.05, 3.63) is 42.1 Å². The Labute approximate surface area is 152 Å². The van der Waals surface area contributed by atoms with Crippen molar-refractivity contribution in [2.75, 3.05) is 33.4 Å². The average molecular weight is 360 g/mol. The van der Waals surface area contributed by atoms with Gasteiger partial charge in [-0.05, 0) is 38.0 Å². The Morgan fingerprint density at radius 3 is 2.69 bits per heavy atom. The van der Waals surface area contributed by atoms with Gasteiger partial charge in [0.15, 0.2) is 5.76 Å². The zero-order valence-corrected chi connectivity index (χ0v) is 15.1. The van der Waals surface area contributed by atoms with E-state index in [9.17, 15) is 9.59 Å². The van der Waals surface area contributed by atoms with E-state index >= 15 is 0 Å². The number of likely N-dealkylation sites (tertiary alicyclic amines) is 1. The molecular weight excluding hydrogens is 336 g/mol. The largest absolute Gasteiger partial charge is 0.456 e. The third-order valence-electron chi connectivity index (χ3n) is 4.79. The van der Waals surface area contributed by atoms with Gasteiger partial charge in [0.25, 0.3) is 5.91 Å². The van der Waals surface area contributed by atoms with Crippen LogP contribution < -0.4 is 5.32 Å². The average Bonchev–Trinajstić information content (AvgIpc) is 3.33. The van der Waals surface area contributed by atoms with Crippen LogP contribution in [0.4, 0.5) is 0 Å². The number of carbonyl (C=O) groups is 2. The molecule has 0 bridgehead atoms. The summed E-state index contributed by atoms with van der Waals surface area (Å²) in [7, 11) is 1.59. The van der Waals surface area contributed by atoms with Gasteiger partial charge in [-0.1, -0.05) is 0 Å².